The van der Waals surface area contributed by atoms with Crippen LogP contribution in [0.25, 0.3) is 99.8 Å². The van der Waals surface area contributed by atoms with Gasteiger partial charge in [0.2, 0.25) is 0 Å². The predicted molar refractivity (Wildman–Crippen MR) is 388 cm³/mol. The van der Waals surface area contributed by atoms with Gasteiger partial charge in [-0.25, -0.2) is 4.98 Å². The lowest BCUT2D eigenvalue weighted by Gasteiger charge is -2.48. The van der Waals surface area contributed by atoms with E-state index in [1.54, 1.807) is 0 Å². The fourth-order valence-electron chi connectivity index (χ4n) is 18.0. The molecule has 19 rings (SSSR count). The summed E-state index contributed by atoms with van der Waals surface area (Å²) < 4.78 is 0. The molecule has 2 aromatic heterocycles. The van der Waals surface area contributed by atoms with Crippen molar-refractivity contribution in [1.82, 2.24) is 9.97 Å². The van der Waals surface area contributed by atoms with Crippen LogP contribution in [0.15, 0.2) is 322 Å². The molecule has 94 heavy (non-hydrogen) atoms. The molecular formula is C92H64N2. The minimum Gasteiger partial charge on any atom is -0.252 e. The van der Waals surface area contributed by atoms with E-state index >= 15 is 0 Å². The van der Waals surface area contributed by atoms with Gasteiger partial charge in [0, 0.05) is 44.8 Å². The quantitative estimate of drug-likeness (QED) is 0.159. The number of nitrogens with zero attached hydrogens (tertiary/aromatic N) is 2. The average molecular weight is 1200 g/mol. The number of hydrogen-bond acceptors (Lipinski definition) is 2. The van der Waals surface area contributed by atoms with E-state index in [-0.39, 0.29) is 5.41 Å². The Morgan fingerprint density at radius 3 is 1.43 bits per heavy atom. The van der Waals surface area contributed by atoms with E-state index in [2.05, 4.69) is 342 Å². The van der Waals surface area contributed by atoms with Crippen LogP contribution in [0.2, 0.25) is 0 Å². The summed E-state index contributed by atoms with van der Waals surface area (Å²) in [5, 5.41) is 2.27. The summed E-state index contributed by atoms with van der Waals surface area (Å²) in [4.78, 5) is 10.9. The van der Waals surface area contributed by atoms with E-state index in [1.807, 2.05) is 0 Å². The second-order valence-corrected chi connectivity index (χ2v) is 27.2. The molecule has 0 unspecified atom stereocenters. The van der Waals surface area contributed by atoms with Crippen LogP contribution in [0.5, 0.6) is 0 Å². The van der Waals surface area contributed by atoms with Gasteiger partial charge in [-0.2, -0.15) is 0 Å². The van der Waals surface area contributed by atoms with Crippen molar-refractivity contribution in [3.63, 3.8) is 0 Å². The third kappa shape index (κ3) is 7.54. The Hall–Kier alpha value is -11.3. The van der Waals surface area contributed by atoms with Crippen molar-refractivity contribution in [2.75, 3.05) is 0 Å². The summed E-state index contributed by atoms with van der Waals surface area (Å²) in [6, 6.07) is 121. The molecule has 4 aliphatic rings. The van der Waals surface area contributed by atoms with Crippen LogP contribution < -0.4 is 0 Å². The summed E-state index contributed by atoms with van der Waals surface area (Å²) in [7, 11) is 0. The Kier molecular flexibility index (Phi) is 11.8. The highest BCUT2D eigenvalue weighted by atomic mass is 14.7. The molecule has 0 radical (unpaired) electrons. The Bertz CT molecular complexity index is 5570. The summed E-state index contributed by atoms with van der Waals surface area (Å²) in [5.74, 6) is 0. The number of rotatable bonds is 7. The highest BCUT2D eigenvalue weighted by Gasteiger charge is 2.56. The Labute approximate surface area is 549 Å². The third-order valence-corrected chi connectivity index (χ3v) is 22.1. The number of fused-ring (bicyclic) bond motifs is 20. The van der Waals surface area contributed by atoms with Gasteiger partial charge >= 0.3 is 0 Å². The molecule has 442 valence electrons. The fraction of sp³-hybridized carbons (Fsp3) is 0.0870. The van der Waals surface area contributed by atoms with E-state index < -0.39 is 16.2 Å². The first-order valence-electron chi connectivity index (χ1n) is 33.2. The first-order chi connectivity index (χ1) is 46.2. The molecule has 2 heteroatoms. The first kappa shape index (κ1) is 54.4. The zero-order valence-corrected chi connectivity index (χ0v) is 52.7. The highest BCUT2D eigenvalue weighted by Crippen LogP contribution is 2.65. The Balaban J connectivity index is 0.697. The zero-order valence-electron chi connectivity index (χ0n) is 52.7. The fourth-order valence-corrected chi connectivity index (χ4v) is 18.0. The summed E-state index contributed by atoms with van der Waals surface area (Å²) in [6.45, 7) is 7.25. The molecule has 0 fully saturated rings. The van der Waals surface area contributed by atoms with Crippen molar-refractivity contribution in [3.05, 3.63) is 394 Å². The SMILES string of the molecule is CC1(C)c2ccccc2C2(c3ccccc3-c3cc(-c4cccc(-c5cccc6ccc(CC7(C)c8ccccc8C8(c9ccccc9-c9c(-c%10cccc(-c%11cccc%12nc(-c%13ccccc%13)ccc%11%12)c%10)cccc98)c8ccccc87)nc56)c4)ccc32)c2ccccc21. The van der Waals surface area contributed by atoms with Gasteiger partial charge in [-0.15, -0.1) is 0 Å². The lowest BCUT2D eigenvalue weighted by Crippen LogP contribution is -2.43. The standard InChI is InChI=1S/C92H64N2/c1-89(2)76-38-11-15-42-80(76)91(81-43-16-12-39-77(81)89)73-36-9-7-31-69(73)72-56-61(49-52-75(72)91)60-27-19-30-64(54-60)68-35-21-26-59-48-50-65(93-88(59)68)57-90(3)78-40-13-17-44-82(78)92(83-45-18-14-41-79(83)90)74-37-10-8-32-71(74)87-67(34-22-46-84(87)92)63-29-20-28-62(55-63)66-33-23-47-86-70(66)51-53-85(94-86)58-24-5-4-6-25-58/h4-56H,57H2,1-3H3. The molecule has 0 atom stereocenters. The Morgan fingerprint density at radius 2 is 0.723 bits per heavy atom. The minimum atomic E-state index is -0.577. The van der Waals surface area contributed by atoms with Crippen LogP contribution in [-0.4, -0.2) is 9.97 Å². The largest absolute Gasteiger partial charge is 0.252 e. The number of benzene rings is 13. The van der Waals surface area contributed by atoms with E-state index in [4.69, 9.17) is 9.97 Å². The van der Waals surface area contributed by atoms with Gasteiger partial charge in [0.05, 0.1) is 27.6 Å². The number of hydrogen-bond donors (Lipinski definition) is 0. The lowest BCUT2D eigenvalue weighted by molar-refractivity contribution is 0.509. The highest BCUT2D eigenvalue weighted by molar-refractivity contribution is 6.01. The van der Waals surface area contributed by atoms with Crippen molar-refractivity contribution in [2.45, 2.75) is 48.9 Å². The normalized spacial score (nSPS) is 15.9. The molecule has 0 saturated heterocycles. The molecule has 0 bridgehead atoms. The second kappa shape index (κ2) is 20.3. The van der Waals surface area contributed by atoms with Gasteiger partial charge in [-0.3, -0.25) is 4.98 Å². The smallest absolute Gasteiger partial charge is 0.0783 e. The van der Waals surface area contributed by atoms with Gasteiger partial charge in [-0.1, -0.05) is 306 Å². The molecule has 0 saturated carbocycles. The topological polar surface area (TPSA) is 25.8 Å². The van der Waals surface area contributed by atoms with Crippen LogP contribution in [0.3, 0.4) is 0 Å². The maximum Gasteiger partial charge on any atom is 0.0783 e. The summed E-state index contributed by atoms with van der Waals surface area (Å²) in [5.41, 5.74) is 34.3. The van der Waals surface area contributed by atoms with E-state index in [0.717, 1.165) is 49.9 Å². The van der Waals surface area contributed by atoms with Crippen molar-refractivity contribution >= 4 is 21.8 Å². The number of aromatic nitrogens is 2. The predicted octanol–water partition coefficient (Wildman–Crippen LogP) is 22.3. The van der Waals surface area contributed by atoms with Crippen LogP contribution >= 0.6 is 0 Å². The molecule has 4 aliphatic carbocycles. The maximum absolute atomic E-state index is 5.77. The molecule has 15 aromatic rings. The number of para-hydroxylation sites is 1. The van der Waals surface area contributed by atoms with Crippen LogP contribution in [0.4, 0.5) is 0 Å². The van der Waals surface area contributed by atoms with Crippen molar-refractivity contribution in [3.8, 4) is 78.0 Å². The van der Waals surface area contributed by atoms with Crippen molar-refractivity contribution < 1.29 is 0 Å². The summed E-state index contributed by atoms with van der Waals surface area (Å²) in [6.07, 6.45) is 0.713. The molecule has 13 aromatic carbocycles. The Morgan fingerprint density at radius 1 is 0.266 bits per heavy atom. The molecule has 0 amide bonds. The van der Waals surface area contributed by atoms with Crippen molar-refractivity contribution in [1.29, 1.82) is 0 Å². The molecule has 2 nitrogen and oxygen atoms in total. The third-order valence-electron chi connectivity index (χ3n) is 22.1. The van der Waals surface area contributed by atoms with Gasteiger partial charge in [0.1, 0.15) is 0 Å². The van der Waals surface area contributed by atoms with Gasteiger partial charge < -0.3 is 0 Å². The van der Waals surface area contributed by atoms with Crippen LogP contribution in [-0.2, 0) is 28.1 Å². The average Bonchev–Trinajstić information content (AvgIpc) is 1.43. The molecular weight excluding hydrogens is 1130 g/mol. The maximum atomic E-state index is 5.77. The second-order valence-electron chi connectivity index (χ2n) is 27.2. The molecule has 2 heterocycles. The molecule has 0 N–H and O–H groups in total. The van der Waals surface area contributed by atoms with Gasteiger partial charge in [0.15, 0.2) is 0 Å². The monoisotopic (exact) mass is 1200 g/mol. The zero-order chi connectivity index (χ0) is 62.5. The van der Waals surface area contributed by atoms with E-state index in [1.165, 1.54) is 122 Å². The van der Waals surface area contributed by atoms with E-state index in [9.17, 15) is 0 Å². The van der Waals surface area contributed by atoms with Gasteiger partial charge in [-0.05, 0) is 164 Å². The van der Waals surface area contributed by atoms with Crippen molar-refractivity contribution in [2.24, 2.45) is 0 Å². The molecule has 2 spiro atoms. The van der Waals surface area contributed by atoms with Gasteiger partial charge in [0.25, 0.3) is 0 Å². The summed E-state index contributed by atoms with van der Waals surface area (Å²) >= 11 is 0. The van der Waals surface area contributed by atoms with Crippen LogP contribution in [0, 0.1) is 0 Å². The first-order valence-corrected chi connectivity index (χ1v) is 33.2. The molecule has 0 aliphatic heterocycles. The van der Waals surface area contributed by atoms with Crippen LogP contribution in [0.1, 0.15) is 93.2 Å². The number of pyridine rings is 2. The minimum absolute atomic E-state index is 0.144. The van der Waals surface area contributed by atoms with E-state index in [0.29, 0.717) is 6.42 Å². The lowest BCUT2D eigenvalue weighted by atomic mass is 9.54.